The van der Waals surface area contributed by atoms with Crippen molar-refractivity contribution in [2.45, 2.75) is 19.4 Å². The van der Waals surface area contributed by atoms with Crippen LogP contribution in [0.15, 0.2) is 0 Å². The predicted molar refractivity (Wildman–Crippen MR) is 52.7 cm³/mol. The highest BCUT2D eigenvalue weighted by Crippen LogP contribution is 1.92. The van der Waals surface area contributed by atoms with E-state index in [2.05, 4.69) is 15.0 Å². The number of likely N-dealkylation sites (N-methyl/N-ethyl adjacent to an activating group) is 1. The summed E-state index contributed by atoms with van der Waals surface area (Å²) in [7, 11) is 5.45. The Morgan fingerprint density at radius 3 is 2.62 bits per heavy atom. The van der Waals surface area contributed by atoms with Crippen molar-refractivity contribution < 1.29 is 9.53 Å². The van der Waals surface area contributed by atoms with Crippen molar-refractivity contribution >= 4 is 5.97 Å². The van der Waals surface area contributed by atoms with E-state index in [1.807, 2.05) is 21.0 Å². The fourth-order valence-electron chi connectivity index (χ4n) is 0.940. The molecule has 1 N–H and O–H groups in total. The molecule has 0 spiro atoms. The molecule has 0 aliphatic heterocycles. The van der Waals surface area contributed by atoms with Crippen molar-refractivity contribution in [3.63, 3.8) is 0 Å². The van der Waals surface area contributed by atoms with Crippen molar-refractivity contribution in [2.75, 3.05) is 34.3 Å². The maximum Gasteiger partial charge on any atom is 0.307 e. The molecule has 0 amide bonds. The topological polar surface area (TPSA) is 41.6 Å². The molecule has 4 nitrogen and oxygen atoms in total. The van der Waals surface area contributed by atoms with E-state index in [0.29, 0.717) is 6.42 Å². The lowest BCUT2D eigenvalue weighted by Gasteiger charge is -2.14. The molecule has 0 heterocycles. The first-order valence-electron chi connectivity index (χ1n) is 4.51. The van der Waals surface area contributed by atoms with Crippen molar-refractivity contribution in [3.05, 3.63) is 0 Å². The molecule has 0 rings (SSSR count). The summed E-state index contributed by atoms with van der Waals surface area (Å²) in [4.78, 5) is 12.9. The summed E-state index contributed by atoms with van der Waals surface area (Å²) in [5.74, 6) is -0.162. The van der Waals surface area contributed by atoms with Crippen LogP contribution in [0.3, 0.4) is 0 Å². The average molecular weight is 188 g/mol. The minimum Gasteiger partial charge on any atom is -0.469 e. The second-order valence-electron chi connectivity index (χ2n) is 3.44. The first-order valence-corrected chi connectivity index (χ1v) is 4.51. The van der Waals surface area contributed by atoms with Gasteiger partial charge in [-0.25, -0.2) is 0 Å². The van der Waals surface area contributed by atoms with Crippen LogP contribution in [0.4, 0.5) is 0 Å². The molecule has 13 heavy (non-hydrogen) atoms. The van der Waals surface area contributed by atoms with Gasteiger partial charge >= 0.3 is 5.97 Å². The molecular formula is C9H20N2O2. The summed E-state index contributed by atoms with van der Waals surface area (Å²) in [5.41, 5.74) is 0. The van der Waals surface area contributed by atoms with Gasteiger partial charge in [-0.3, -0.25) is 4.79 Å². The molecule has 0 unspecified atom stereocenters. The van der Waals surface area contributed by atoms with E-state index >= 15 is 0 Å². The summed E-state index contributed by atoms with van der Waals surface area (Å²) in [6.45, 7) is 3.85. The number of nitrogens with zero attached hydrogens (tertiary/aromatic N) is 1. The Balaban J connectivity index is 3.40. The van der Waals surface area contributed by atoms with E-state index in [1.165, 1.54) is 7.11 Å². The molecule has 0 bridgehead atoms. The number of nitrogens with one attached hydrogen (secondary N) is 1. The fourth-order valence-corrected chi connectivity index (χ4v) is 0.940. The monoisotopic (exact) mass is 188 g/mol. The lowest BCUT2D eigenvalue weighted by atomic mass is 10.2. The zero-order valence-electron chi connectivity index (χ0n) is 8.96. The van der Waals surface area contributed by atoms with Gasteiger partial charge in [-0.05, 0) is 21.0 Å². The zero-order chi connectivity index (χ0) is 10.3. The van der Waals surface area contributed by atoms with Gasteiger partial charge in [0.1, 0.15) is 0 Å². The SMILES string of the molecule is COC(=O)C[C@@H](C)NCCN(C)C. The number of hydrogen-bond donors (Lipinski definition) is 1. The fraction of sp³-hybridized carbons (Fsp3) is 0.889. The molecule has 0 fully saturated rings. The third-order valence-electron chi connectivity index (χ3n) is 1.75. The quantitative estimate of drug-likeness (QED) is 0.600. The number of hydrogen-bond acceptors (Lipinski definition) is 4. The third kappa shape index (κ3) is 7.74. The molecule has 0 aromatic heterocycles. The van der Waals surface area contributed by atoms with Gasteiger partial charge in [-0.2, -0.15) is 0 Å². The Labute approximate surface area is 80.2 Å². The Morgan fingerprint density at radius 1 is 1.54 bits per heavy atom. The summed E-state index contributed by atoms with van der Waals surface area (Å²) < 4.78 is 4.56. The lowest BCUT2D eigenvalue weighted by Crippen LogP contribution is -2.34. The Kier molecular flexibility index (Phi) is 6.54. The van der Waals surface area contributed by atoms with E-state index in [9.17, 15) is 4.79 Å². The smallest absolute Gasteiger partial charge is 0.307 e. The Morgan fingerprint density at radius 2 is 2.15 bits per heavy atom. The number of carbonyl (C=O) groups is 1. The molecule has 4 heteroatoms. The first-order chi connectivity index (χ1) is 6.06. The van der Waals surface area contributed by atoms with Gasteiger partial charge in [-0.1, -0.05) is 0 Å². The first kappa shape index (κ1) is 12.4. The molecule has 0 aliphatic carbocycles. The van der Waals surface area contributed by atoms with Crippen molar-refractivity contribution in [1.82, 2.24) is 10.2 Å². The molecule has 0 aliphatic rings. The summed E-state index contributed by atoms with van der Waals surface area (Å²) in [6.07, 6.45) is 0.434. The van der Waals surface area contributed by atoms with Gasteiger partial charge in [0.2, 0.25) is 0 Å². The molecular weight excluding hydrogens is 168 g/mol. The Hall–Kier alpha value is -0.610. The van der Waals surface area contributed by atoms with Crippen LogP contribution in [0.25, 0.3) is 0 Å². The highest BCUT2D eigenvalue weighted by Gasteiger charge is 2.07. The molecule has 0 aromatic carbocycles. The minimum absolute atomic E-state index is 0.162. The van der Waals surface area contributed by atoms with E-state index in [-0.39, 0.29) is 12.0 Å². The molecule has 78 valence electrons. The molecule has 0 aromatic rings. The van der Waals surface area contributed by atoms with E-state index in [0.717, 1.165) is 13.1 Å². The van der Waals surface area contributed by atoms with Gasteiger partial charge in [0, 0.05) is 19.1 Å². The van der Waals surface area contributed by atoms with Crippen LogP contribution in [0, 0.1) is 0 Å². The van der Waals surface area contributed by atoms with Crippen LogP contribution < -0.4 is 5.32 Å². The van der Waals surface area contributed by atoms with Gasteiger partial charge in [0.15, 0.2) is 0 Å². The van der Waals surface area contributed by atoms with Crippen molar-refractivity contribution in [2.24, 2.45) is 0 Å². The molecule has 0 saturated carbocycles. The number of methoxy groups -OCH3 is 1. The largest absolute Gasteiger partial charge is 0.469 e. The predicted octanol–water partition coefficient (Wildman–Crippen LogP) is 0.0892. The third-order valence-corrected chi connectivity index (χ3v) is 1.75. The lowest BCUT2D eigenvalue weighted by molar-refractivity contribution is -0.141. The average Bonchev–Trinajstić information content (AvgIpc) is 2.03. The second-order valence-corrected chi connectivity index (χ2v) is 3.44. The van der Waals surface area contributed by atoms with E-state index in [1.54, 1.807) is 0 Å². The van der Waals surface area contributed by atoms with Crippen LogP contribution >= 0.6 is 0 Å². The second kappa shape index (κ2) is 6.86. The van der Waals surface area contributed by atoms with Gasteiger partial charge in [0.05, 0.1) is 13.5 Å². The van der Waals surface area contributed by atoms with Crippen LogP contribution in [0.2, 0.25) is 0 Å². The van der Waals surface area contributed by atoms with Gasteiger partial charge < -0.3 is 15.0 Å². The summed E-state index contributed by atoms with van der Waals surface area (Å²) in [5, 5.41) is 3.24. The van der Waals surface area contributed by atoms with Crippen LogP contribution in [-0.2, 0) is 9.53 Å². The van der Waals surface area contributed by atoms with Crippen LogP contribution in [0.1, 0.15) is 13.3 Å². The molecule has 0 saturated heterocycles. The maximum absolute atomic E-state index is 10.8. The minimum atomic E-state index is -0.162. The summed E-state index contributed by atoms with van der Waals surface area (Å²) in [6, 6.07) is 0.187. The summed E-state index contributed by atoms with van der Waals surface area (Å²) >= 11 is 0. The van der Waals surface area contributed by atoms with Crippen LogP contribution in [-0.4, -0.2) is 51.2 Å². The van der Waals surface area contributed by atoms with E-state index < -0.39 is 0 Å². The van der Waals surface area contributed by atoms with Gasteiger partial charge in [0.25, 0.3) is 0 Å². The zero-order valence-corrected chi connectivity index (χ0v) is 8.96. The number of esters is 1. The number of ether oxygens (including phenoxy) is 1. The highest BCUT2D eigenvalue weighted by molar-refractivity contribution is 5.69. The maximum atomic E-state index is 10.8. The molecule has 0 radical (unpaired) electrons. The standard InChI is InChI=1S/C9H20N2O2/c1-8(7-9(12)13-4)10-5-6-11(2)3/h8,10H,5-7H2,1-4H3/t8-/m1/s1. The van der Waals surface area contributed by atoms with Gasteiger partial charge in [-0.15, -0.1) is 0 Å². The normalized spacial score (nSPS) is 13.0. The molecule has 1 atom stereocenters. The van der Waals surface area contributed by atoms with Crippen molar-refractivity contribution in [1.29, 1.82) is 0 Å². The number of carbonyl (C=O) groups excluding carboxylic acids is 1. The van der Waals surface area contributed by atoms with Crippen LogP contribution in [0.5, 0.6) is 0 Å². The highest BCUT2D eigenvalue weighted by atomic mass is 16.5. The number of rotatable bonds is 6. The Bertz CT molecular complexity index is 149. The van der Waals surface area contributed by atoms with E-state index in [4.69, 9.17) is 0 Å². The van der Waals surface area contributed by atoms with Crippen molar-refractivity contribution in [3.8, 4) is 0 Å².